The van der Waals surface area contributed by atoms with Crippen molar-refractivity contribution in [2.45, 2.75) is 25.4 Å². The molecule has 0 aromatic heterocycles. The molecular formula is C24H29F2N3O3. The molecular weight excluding hydrogens is 416 g/mol. The van der Waals surface area contributed by atoms with Gasteiger partial charge in [0.2, 0.25) is 0 Å². The maximum Gasteiger partial charge on any atom is 0.268 e. The van der Waals surface area contributed by atoms with E-state index in [9.17, 15) is 18.7 Å². The van der Waals surface area contributed by atoms with Crippen LogP contribution in [0.3, 0.4) is 0 Å². The summed E-state index contributed by atoms with van der Waals surface area (Å²) >= 11 is 0. The Morgan fingerprint density at radius 1 is 0.969 bits per heavy atom. The Morgan fingerprint density at radius 2 is 1.72 bits per heavy atom. The standard InChI is InChI=1S/C24H29F2N3O3/c25-18-7-8-20(19(26)17-18)28-14-12-27(13-15-28)10-3-4-11-29-21-5-1-2-6-22(21)32-23(9-16-30)24(29)31/h1-2,5-8,17,23,30H,3-4,9-16H2. The van der Waals surface area contributed by atoms with Crippen LogP contribution in [-0.2, 0) is 4.79 Å². The molecule has 0 aliphatic carbocycles. The highest BCUT2D eigenvalue weighted by Crippen LogP contribution is 2.34. The number of halogens is 2. The largest absolute Gasteiger partial charge is 0.478 e. The molecule has 1 atom stereocenters. The van der Waals surface area contributed by atoms with Crippen LogP contribution in [0.2, 0.25) is 0 Å². The number of rotatable bonds is 8. The van der Waals surface area contributed by atoms with Gasteiger partial charge in [0, 0.05) is 51.8 Å². The molecule has 8 heteroatoms. The Morgan fingerprint density at radius 3 is 2.47 bits per heavy atom. The first-order valence-electron chi connectivity index (χ1n) is 11.2. The van der Waals surface area contributed by atoms with Crippen molar-refractivity contribution in [1.29, 1.82) is 0 Å². The van der Waals surface area contributed by atoms with Gasteiger partial charge in [0.1, 0.15) is 17.4 Å². The minimum atomic E-state index is -0.644. The van der Waals surface area contributed by atoms with E-state index in [0.29, 0.717) is 31.1 Å². The molecule has 6 nitrogen and oxygen atoms in total. The van der Waals surface area contributed by atoms with Crippen LogP contribution in [0.1, 0.15) is 19.3 Å². The fraction of sp³-hybridized carbons (Fsp3) is 0.458. The molecule has 0 bridgehead atoms. The van der Waals surface area contributed by atoms with Crippen molar-refractivity contribution in [3.05, 3.63) is 54.1 Å². The Labute approximate surface area is 187 Å². The first kappa shape index (κ1) is 22.5. The Hall–Kier alpha value is -2.71. The smallest absolute Gasteiger partial charge is 0.268 e. The van der Waals surface area contributed by atoms with Crippen LogP contribution in [-0.4, -0.2) is 67.9 Å². The second-order valence-corrected chi connectivity index (χ2v) is 8.21. The average molecular weight is 446 g/mol. The summed E-state index contributed by atoms with van der Waals surface area (Å²) in [5.74, 6) is -0.510. The van der Waals surface area contributed by atoms with E-state index in [0.717, 1.165) is 44.2 Å². The molecule has 2 aliphatic heterocycles. The zero-order chi connectivity index (χ0) is 22.5. The van der Waals surface area contributed by atoms with Gasteiger partial charge >= 0.3 is 0 Å². The summed E-state index contributed by atoms with van der Waals surface area (Å²) in [6, 6.07) is 11.2. The molecule has 0 saturated carbocycles. The van der Waals surface area contributed by atoms with Crippen LogP contribution in [0.15, 0.2) is 42.5 Å². The molecule has 2 aromatic rings. The van der Waals surface area contributed by atoms with Gasteiger partial charge in [-0.15, -0.1) is 0 Å². The number of amides is 1. The molecule has 4 rings (SSSR count). The van der Waals surface area contributed by atoms with Crippen LogP contribution < -0.4 is 14.5 Å². The normalized spacial score (nSPS) is 19.1. The lowest BCUT2D eigenvalue weighted by Gasteiger charge is -2.36. The van der Waals surface area contributed by atoms with E-state index in [1.165, 1.54) is 12.1 Å². The third kappa shape index (κ3) is 5.02. The summed E-state index contributed by atoms with van der Waals surface area (Å²) in [6.45, 7) is 4.42. The van der Waals surface area contributed by atoms with E-state index in [1.807, 2.05) is 29.2 Å². The number of hydrogen-bond acceptors (Lipinski definition) is 5. The zero-order valence-electron chi connectivity index (χ0n) is 18.1. The van der Waals surface area contributed by atoms with Gasteiger partial charge in [-0.05, 0) is 43.7 Å². The lowest BCUT2D eigenvalue weighted by Crippen LogP contribution is -2.47. The summed E-state index contributed by atoms with van der Waals surface area (Å²) in [5, 5.41) is 9.25. The molecule has 1 N–H and O–H groups in total. The van der Waals surface area contributed by atoms with Crippen molar-refractivity contribution in [3.63, 3.8) is 0 Å². The number of anilines is 2. The number of aliphatic hydroxyl groups is 1. The quantitative estimate of drug-likeness (QED) is 0.633. The van der Waals surface area contributed by atoms with Crippen molar-refractivity contribution in [1.82, 2.24) is 4.90 Å². The second kappa shape index (κ2) is 10.3. The molecule has 172 valence electrons. The fourth-order valence-corrected chi connectivity index (χ4v) is 4.36. The summed E-state index contributed by atoms with van der Waals surface area (Å²) < 4.78 is 32.9. The lowest BCUT2D eigenvalue weighted by molar-refractivity contribution is -0.127. The highest BCUT2D eigenvalue weighted by atomic mass is 19.1. The number of unbranched alkanes of at least 4 members (excludes halogenated alkanes) is 1. The predicted octanol–water partition coefficient (Wildman–Crippen LogP) is 3.04. The minimum absolute atomic E-state index is 0.0970. The molecule has 0 spiro atoms. The molecule has 2 heterocycles. The molecule has 32 heavy (non-hydrogen) atoms. The number of carbonyl (C=O) groups is 1. The molecule has 2 aliphatic rings. The summed E-state index contributed by atoms with van der Waals surface area (Å²) in [6.07, 6.45) is 1.42. The van der Waals surface area contributed by atoms with Gasteiger partial charge in [-0.2, -0.15) is 0 Å². The monoisotopic (exact) mass is 445 g/mol. The van der Waals surface area contributed by atoms with Crippen LogP contribution in [0.5, 0.6) is 5.75 Å². The van der Waals surface area contributed by atoms with E-state index in [2.05, 4.69) is 4.90 Å². The molecule has 0 radical (unpaired) electrons. The number of para-hydroxylation sites is 2. The third-order valence-corrected chi connectivity index (χ3v) is 6.09. The van der Waals surface area contributed by atoms with Crippen LogP contribution in [0.4, 0.5) is 20.2 Å². The van der Waals surface area contributed by atoms with Gasteiger partial charge in [-0.1, -0.05) is 12.1 Å². The van der Waals surface area contributed by atoms with Crippen molar-refractivity contribution in [3.8, 4) is 5.75 Å². The highest BCUT2D eigenvalue weighted by Gasteiger charge is 2.33. The average Bonchev–Trinajstić information content (AvgIpc) is 2.79. The predicted molar refractivity (Wildman–Crippen MR) is 119 cm³/mol. The van der Waals surface area contributed by atoms with Crippen LogP contribution in [0, 0.1) is 11.6 Å². The first-order chi connectivity index (χ1) is 15.6. The molecule has 1 unspecified atom stereocenters. The number of carbonyl (C=O) groups excluding carboxylic acids is 1. The van der Waals surface area contributed by atoms with Gasteiger partial charge in [-0.3, -0.25) is 9.69 Å². The van der Waals surface area contributed by atoms with E-state index >= 15 is 0 Å². The lowest BCUT2D eigenvalue weighted by atomic mass is 10.1. The van der Waals surface area contributed by atoms with E-state index in [-0.39, 0.29) is 18.9 Å². The molecule has 1 amide bonds. The maximum atomic E-state index is 14.0. The topological polar surface area (TPSA) is 56.3 Å². The van der Waals surface area contributed by atoms with E-state index < -0.39 is 17.7 Å². The number of nitrogens with zero attached hydrogens (tertiary/aromatic N) is 3. The van der Waals surface area contributed by atoms with Crippen LogP contribution >= 0.6 is 0 Å². The van der Waals surface area contributed by atoms with E-state index in [1.54, 1.807) is 4.90 Å². The number of hydrogen-bond donors (Lipinski definition) is 1. The van der Waals surface area contributed by atoms with Crippen molar-refractivity contribution < 1.29 is 23.4 Å². The van der Waals surface area contributed by atoms with Gasteiger partial charge in [0.05, 0.1) is 11.4 Å². The summed E-state index contributed by atoms with van der Waals surface area (Å²) in [5.41, 5.74) is 1.23. The molecule has 1 fully saturated rings. The summed E-state index contributed by atoms with van der Waals surface area (Å²) in [7, 11) is 0. The number of benzene rings is 2. The maximum absolute atomic E-state index is 14.0. The molecule has 1 saturated heterocycles. The Kier molecular flexibility index (Phi) is 7.22. The van der Waals surface area contributed by atoms with Crippen molar-refractivity contribution in [2.24, 2.45) is 0 Å². The van der Waals surface area contributed by atoms with Crippen molar-refractivity contribution in [2.75, 3.05) is 55.7 Å². The Balaban J connectivity index is 1.25. The zero-order valence-corrected chi connectivity index (χ0v) is 18.1. The molecule has 2 aromatic carbocycles. The minimum Gasteiger partial charge on any atom is -0.478 e. The number of aliphatic hydroxyl groups excluding tert-OH is 1. The Bertz CT molecular complexity index is 934. The number of piperazine rings is 1. The second-order valence-electron chi connectivity index (χ2n) is 8.21. The third-order valence-electron chi connectivity index (χ3n) is 6.09. The van der Waals surface area contributed by atoms with Gasteiger partial charge < -0.3 is 19.6 Å². The van der Waals surface area contributed by atoms with Crippen molar-refractivity contribution >= 4 is 17.3 Å². The van der Waals surface area contributed by atoms with Gasteiger partial charge in [0.25, 0.3) is 5.91 Å². The van der Waals surface area contributed by atoms with Crippen LogP contribution in [0.25, 0.3) is 0 Å². The first-order valence-corrected chi connectivity index (χ1v) is 11.2. The number of fused-ring (bicyclic) bond motifs is 1. The summed E-state index contributed by atoms with van der Waals surface area (Å²) in [4.78, 5) is 18.9. The SMILES string of the molecule is O=C1C(CCO)Oc2ccccc2N1CCCCN1CCN(c2ccc(F)cc2F)CC1. The van der Waals surface area contributed by atoms with Gasteiger partial charge in [0.15, 0.2) is 6.10 Å². The van der Waals surface area contributed by atoms with Gasteiger partial charge in [-0.25, -0.2) is 8.78 Å². The fourth-order valence-electron chi connectivity index (χ4n) is 4.36. The highest BCUT2D eigenvalue weighted by molar-refractivity contribution is 6.00. The van der Waals surface area contributed by atoms with E-state index in [4.69, 9.17) is 4.74 Å². The number of ether oxygens (including phenoxy) is 1.